The highest BCUT2D eigenvalue weighted by atomic mass is 35.5. The largest absolute Gasteiger partial charge is 0.495 e. The first kappa shape index (κ1) is 15.3. The number of hydrogen-bond donors (Lipinski definition) is 2. The maximum Gasteiger partial charge on any atom is 0.243 e. The van der Waals surface area contributed by atoms with Crippen molar-refractivity contribution in [2.24, 2.45) is 0 Å². The Hall–Kier alpha value is -1.75. The number of amides is 2. The number of nitrogens with one attached hydrogen (secondary N) is 2. The molecule has 0 radical (unpaired) electrons. The van der Waals surface area contributed by atoms with Crippen LogP contribution in [-0.2, 0) is 9.59 Å². The second-order valence-electron chi connectivity index (χ2n) is 3.92. The van der Waals surface area contributed by atoms with Gasteiger partial charge in [-0.05, 0) is 24.6 Å². The van der Waals surface area contributed by atoms with Crippen LogP contribution in [0.4, 0.5) is 5.69 Å². The summed E-state index contributed by atoms with van der Waals surface area (Å²) in [7, 11) is 1.52. The topological polar surface area (TPSA) is 67.4 Å². The zero-order chi connectivity index (χ0) is 14.3. The maximum atomic E-state index is 11.6. The Bertz CT molecular complexity index is 463. The molecule has 6 heteroatoms. The molecule has 104 valence electrons. The van der Waals surface area contributed by atoms with Crippen molar-refractivity contribution in [1.82, 2.24) is 5.32 Å². The Morgan fingerprint density at radius 3 is 2.63 bits per heavy atom. The van der Waals surface area contributed by atoms with Crippen LogP contribution in [0.15, 0.2) is 18.2 Å². The molecule has 0 spiro atoms. The first-order valence-corrected chi connectivity index (χ1v) is 6.34. The lowest BCUT2D eigenvalue weighted by atomic mass is 10.3. The lowest BCUT2D eigenvalue weighted by Gasteiger charge is -2.08. The van der Waals surface area contributed by atoms with Crippen LogP contribution in [0.3, 0.4) is 0 Å². The molecular formula is C13H17ClN2O3. The third-order valence-electron chi connectivity index (χ3n) is 2.36. The van der Waals surface area contributed by atoms with Gasteiger partial charge in [0.05, 0.1) is 18.7 Å². The third kappa shape index (κ3) is 5.18. The number of ether oxygens (including phenoxy) is 1. The van der Waals surface area contributed by atoms with E-state index in [9.17, 15) is 9.59 Å². The molecule has 1 aromatic carbocycles. The van der Waals surface area contributed by atoms with Crippen molar-refractivity contribution in [3.63, 3.8) is 0 Å². The fraction of sp³-hybridized carbons (Fsp3) is 0.385. The predicted molar refractivity (Wildman–Crippen MR) is 74.6 cm³/mol. The Kier molecular flexibility index (Phi) is 6.15. The summed E-state index contributed by atoms with van der Waals surface area (Å²) in [6.07, 6.45) is 1.17. The van der Waals surface area contributed by atoms with E-state index < -0.39 is 0 Å². The summed E-state index contributed by atoms with van der Waals surface area (Å²) in [5, 5.41) is 5.58. The Labute approximate surface area is 117 Å². The van der Waals surface area contributed by atoms with Gasteiger partial charge in [-0.3, -0.25) is 9.59 Å². The Morgan fingerprint density at radius 2 is 2.05 bits per heavy atom. The molecule has 0 heterocycles. The smallest absolute Gasteiger partial charge is 0.243 e. The van der Waals surface area contributed by atoms with Crippen molar-refractivity contribution in [2.75, 3.05) is 19.0 Å². The van der Waals surface area contributed by atoms with Gasteiger partial charge in [0.15, 0.2) is 0 Å². The van der Waals surface area contributed by atoms with Crippen LogP contribution in [0.25, 0.3) is 0 Å². The number of carbonyl (C=O) groups excluding carboxylic acids is 2. The first-order valence-electron chi connectivity index (χ1n) is 5.97. The van der Waals surface area contributed by atoms with Crippen LogP contribution >= 0.6 is 11.6 Å². The number of halogens is 1. The molecule has 19 heavy (non-hydrogen) atoms. The highest BCUT2D eigenvalue weighted by molar-refractivity contribution is 6.32. The molecule has 0 aliphatic carbocycles. The average molecular weight is 285 g/mol. The Morgan fingerprint density at radius 1 is 1.32 bits per heavy atom. The zero-order valence-electron chi connectivity index (χ0n) is 11.0. The predicted octanol–water partition coefficient (Wildman–Crippen LogP) is 2.20. The van der Waals surface area contributed by atoms with Gasteiger partial charge in [0, 0.05) is 12.1 Å². The van der Waals surface area contributed by atoms with Gasteiger partial charge in [-0.2, -0.15) is 0 Å². The van der Waals surface area contributed by atoms with Crippen molar-refractivity contribution < 1.29 is 14.3 Å². The first-order chi connectivity index (χ1) is 9.06. The molecule has 0 saturated carbocycles. The molecule has 0 fully saturated rings. The highest BCUT2D eigenvalue weighted by Crippen LogP contribution is 2.26. The Balaban J connectivity index is 2.48. The van der Waals surface area contributed by atoms with Crippen LogP contribution in [0.1, 0.15) is 19.8 Å². The summed E-state index contributed by atoms with van der Waals surface area (Å²) in [5.41, 5.74) is 0.556. The number of carbonyl (C=O) groups is 2. The maximum absolute atomic E-state index is 11.6. The van der Waals surface area contributed by atoms with E-state index >= 15 is 0 Å². The molecule has 0 aliphatic rings. The van der Waals surface area contributed by atoms with Crippen molar-refractivity contribution in [2.45, 2.75) is 19.8 Å². The monoisotopic (exact) mass is 284 g/mol. The van der Waals surface area contributed by atoms with Crippen LogP contribution in [0.2, 0.25) is 5.02 Å². The van der Waals surface area contributed by atoms with Crippen molar-refractivity contribution in [3.8, 4) is 5.75 Å². The molecule has 2 amide bonds. The zero-order valence-corrected chi connectivity index (χ0v) is 11.7. The number of rotatable bonds is 6. The average Bonchev–Trinajstić information content (AvgIpc) is 2.37. The lowest BCUT2D eigenvalue weighted by molar-refractivity contribution is -0.124. The van der Waals surface area contributed by atoms with Gasteiger partial charge in [0.2, 0.25) is 11.8 Å². The van der Waals surface area contributed by atoms with E-state index in [1.807, 2.05) is 6.92 Å². The fourth-order valence-electron chi connectivity index (χ4n) is 1.44. The van der Waals surface area contributed by atoms with E-state index in [1.165, 1.54) is 7.11 Å². The standard InChI is InChI=1S/C13H17ClN2O3/c1-3-4-12(17)15-8-13(18)16-9-5-6-11(19-2)10(14)7-9/h5-7H,3-4,8H2,1-2H3,(H,15,17)(H,16,18). The minimum Gasteiger partial charge on any atom is -0.495 e. The molecule has 1 rings (SSSR count). The van der Waals surface area contributed by atoms with E-state index in [2.05, 4.69) is 10.6 Å². The summed E-state index contributed by atoms with van der Waals surface area (Å²) in [5.74, 6) is 0.104. The molecule has 0 unspecified atom stereocenters. The van der Waals surface area contributed by atoms with Gasteiger partial charge in [-0.25, -0.2) is 0 Å². The highest BCUT2D eigenvalue weighted by Gasteiger charge is 2.07. The van der Waals surface area contributed by atoms with E-state index in [0.717, 1.165) is 6.42 Å². The SMILES string of the molecule is CCCC(=O)NCC(=O)Nc1ccc(OC)c(Cl)c1. The van der Waals surface area contributed by atoms with Gasteiger partial charge >= 0.3 is 0 Å². The quantitative estimate of drug-likeness (QED) is 0.841. The minimum atomic E-state index is -0.300. The van der Waals surface area contributed by atoms with Gasteiger partial charge in [0.25, 0.3) is 0 Å². The molecule has 0 saturated heterocycles. The van der Waals surface area contributed by atoms with Gasteiger partial charge < -0.3 is 15.4 Å². The van der Waals surface area contributed by atoms with Crippen molar-refractivity contribution in [1.29, 1.82) is 0 Å². The number of methoxy groups -OCH3 is 1. The molecule has 0 aromatic heterocycles. The number of hydrogen-bond acceptors (Lipinski definition) is 3. The second-order valence-corrected chi connectivity index (χ2v) is 4.33. The minimum absolute atomic E-state index is 0.0531. The molecule has 5 nitrogen and oxygen atoms in total. The van der Waals surface area contributed by atoms with E-state index in [1.54, 1.807) is 18.2 Å². The molecule has 0 atom stereocenters. The second kappa shape index (κ2) is 7.63. The summed E-state index contributed by atoms with van der Waals surface area (Å²) < 4.78 is 5.01. The van der Waals surface area contributed by atoms with E-state index in [0.29, 0.717) is 22.9 Å². The fourth-order valence-corrected chi connectivity index (χ4v) is 1.70. The van der Waals surface area contributed by atoms with Crippen LogP contribution in [0, 0.1) is 0 Å². The molecule has 2 N–H and O–H groups in total. The van der Waals surface area contributed by atoms with Gasteiger partial charge in [-0.1, -0.05) is 18.5 Å². The number of benzene rings is 1. The van der Waals surface area contributed by atoms with Crippen LogP contribution in [-0.4, -0.2) is 25.5 Å². The van der Waals surface area contributed by atoms with E-state index in [4.69, 9.17) is 16.3 Å². The van der Waals surface area contributed by atoms with Crippen LogP contribution < -0.4 is 15.4 Å². The normalized spacial score (nSPS) is 9.84. The van der Waals surface area contributed by atoms with Crippen LogP contribution in [0.5, 0.6) is 5.75 Å². The summed E-state index contributed by atoms with van der Waals surface area (Å²) in [4.78, 5) is 22.8. The molecule has 0 aliphatic heterocycles. The number of anilines is 1. The van der Waals surface area contributed by atoms with Gasteiger partial charge in [-0.15, -0.1) is 0 Å². The molecule has 1 aromatic rings. The van der Waals surface area contributed by atoms with Crippen molar-refractivity contribution >= 4 is 29.1 Å². The third-order valence-corrected chi connectivity index (χ3v) is 2.65. The lowest BCUT2D eigenvalue weighted by Crippen LogP contribution is -2.32. The summed E-state index contributed by atoms with van der Waals surface area (Å²) in [6, 6.07) is 4.93. The van der Waals surface area contributed by atoms with Gasteiger partial charge in [0.1, 0.15) is 5.75 Å². The molecule has 0 bridgehead atoms. The summed E-state index contributed by atoms with van der Waals surface area (Å²) in [6.45, 7) is 1.85. The summed E-state index contributed by atoms with van der Waals surface area (Å²) >= 11 is 5.94. The van der Waals surface area contributed by atoms with E-state index in [-0.39, 0.29) is 18.4 Å². The molecular weight excluding hydrogens is 268 g/mol. The van der Waals surface area contributed by atoms with Crippen molar-refractivity contribution in [3.05, 3.63) is 23.2 Å².